The molecule has 2 aliphatic heterocycles. The largest absolute Gasteiger partial charge is 0.373 e. The summed E-state index contributed by atoms with van der Waals surface area (Å²) in [4.78, 5) is 42.3. The van der Waals surface area contributed by atoms with Gasteiger partial charge in [0, 0.05) is 30.8 Å². The van der Waals surface area contributed by atoms with Gasteiger partial charge in [-0.1, -0.05) is 24.3 Å². The maximum Gasteiger partial charge on any atom is 0.325 e. The fourth-order valence-electron chi connectivity index (χ4n) is 3.88. The second-order valence-electron chi connectivity index (χ2n) is 6.88. The van der Waals surface area contributed by atoms with Crippen LogP contribution in [0.25, 0.3) is 0 Å². The second-order valence-corrected chi connectivity index (χ2v) is 6.88. The molecule has 2 unspecified atom stereocenters. The highest BCUT2D eigenvalue weighted by Crippen LogP contribution is 2.31. The van der Waals surface area contributed by atoms with Gasteiger partial charge in [0.05, 0.1) is 19.1 Å². The normalized spacial score (nSPS) is 22.2. The third-order valence-corrected chi connectivity index (χ3v) is 5.21. The van der Waals surface area contributed by atoms with Gasteiger partial charge in [-0.15, -0.1) is 0 Å². The van der Waals surface area contributed by atoms with Crippen LogP contribution in [-0.4, -0.2) is 40.5 Å². The number of likely N-dealkylation sites (tertiary alicyclic amines) is 1. The number of amides is 1. The number of nitrogens with one attached hydrogen (secondary N) is 2. The number of hydrogen-bond acceptors (Lipinski definition) is 4. The highest BCUT2D eigenvalue weighted by atomic mass is 16.5. The van der Waals surface area contributed by atoms with E-state index in [9.17, 15) is 14.4 Å². The van der Waals surface area contributed by atoms with Gasteiger partial charge in [0.15, 0.2) is 0 Å². The molecule has 2 atom stereocenters. The predicted molar refractivity (Wildman–Crippen MR) is 95.1 cm³/mol. The maximum atomic E-state index is 12.7. The van der Waals surface area contributed by atoms with Crippen molar-refractivity contribution in [3.8, 4) is 0 Å². The molecule has 0 saturated carbocycles. The molecule has 3 heterocycles. The van der Waals surface area contributed by atoms with Crippen LogP contribution in [0.3, 0.4) is 0 Å². The fourth-order valence-corrected chi connectivity index (χ4v) is 3.88. The number of hydrogen-bond donors (Lipinski definition) is 2. The molecule has 0 radical (unpaired) electrons. The SMILES string of the molecule is O=C(CC1OCCc2ccccc21)N1CCC(c2cc(=O)[nH]c(=O)[nH]2)C1. The summed E-state index contributed by atoms with van der Waals surface area (Å²) in [5.41, 5.74) is 2.01. The van der Waals surface area contributed by atoms with E-state index in [4.69, 9.17) is 4.74 Å². The number of aromatic nitrogens is 2. The second kappa shape index (κ2) is 6.92. The lowest BCUT2D eigenvalue weighted by Gasteiger charge is -2.27. The van der Waals surface area contributed by atoms with Crippen molar-refractivity contribution in [3.05, 3.63) is 68.0 Å². The molecule has 1 aromatic heterocycles. The minimum Gasteiger partial charge on any atom is -0.373 e. The van der Waals surface area contributed by atoms with Crippen molar-refractivity contribution in [2.45, 2.75) is 31.3 Å². The van der Waals surface area contributed by atoms with Crippen LogP contribution in [0.5, 0.6) is 0 Å². The van der Waals surface area contributed by atoms with Crippen LogP contribution < -0.4 is 11.2 Å². The molecule has 0 aliphatic carbocycles. The van der Waals surface area contributed by atoms with E-state index in [-0.39, 0.29) is 17.9 Å². The average molecular weight is 355 g/mol. The highest BCUT2D eigenvalue weighted by molar-refractivity contribution is 5.77. The molecule has 0 spiro atoms. The molecule has 2 aliphatic rings. The minimum absolute atomic E-state index is 0.0199. The zero-order valence-electron chi connectivity index (χ0n) is 14.4. The molecule has 4 rings (SSSR count). The van der Waals surface area contributed by atoms with Crippen molar-refractivity contribution in [2.75, 3.05) is 19.7 Å². The number of aromatic amines is 2. The van der Waals surface area contributed by atoms with Crippen molar-refractivity contribution >= 4 is 5.91 Å². The molecule has 1 aromatic carbocycles. The molecule has 1 amide bonds. The van der Waals surface area contributed by atoms with Gasteiger partial charge < -0.3 is 14.6 Å². The third-order valence-electron chi connectivity index (χ3n) is 5.21. The van der Waals surface area contributed by atoms with E-state index in [1.165, 1.54) is 11.6 Å². The monoisotopic (exact) mass is 355 g/mol. The molecule has 7 nitrogen and oxygen atoms in total. The number of carbonyl (C=O) groups excluding carboxylic acids is 1. The lowest BCUT2D eigenvalue weighted by molar-refractivity contribution is -0.133. The Kier molecular flexibility index (Phi) is 4.46. The van der Waals surface area contributed by atoms with Crippen LogP contribution in [-0.2, 0) is 16.0 Å². The molecular formula is C19H21N3O4. The van der Waals surface area contributed by atoms with E-state index in [1.807, 2.05) is 18.2 Å². The van der Waals surface area contributed by atoms with Gasteiger partial charge in [-0.05, 0) is 24.0 Å². The first-order valence-corrected chi connectivity index (χ1v) is 8.91. The zero-order chi connectivity index (χ0) is 18.1. The Morgan fingerprint density at radius 1 is 1.23 bits per heavy atom. The van der Waals surface area contributed by atoms with E-state index in [0.29, 0.717) is 31.8 Å². The summed E-state index contributed by atoms with van der Waals surface area (Å²) in [5, 5.41) is 0. The number of rotatable bonds is 3. The summed E-state index contributed by atoms with van der Waals surface area (Å²) in [6.07, 6.45) is 1.72. The van der Waals surface area contributed by atoms with Crippen LogP contribution >= 0.6 is 0 Å². The van der Waals surface area contributed by atoms with Gasteiger partial charge in [-0.2, -0.15) is 0 Å². The molecule has 7 heteroatoms. The van der Waals surface area contributed by atoms with E-state index >= 15 is 0 Å². The summed E-state index contributed by atoms with van der Waals surface area (Å²) in [5.74, 6) is 0.0231. The zero-order valence-corrected chi connectivity index (χ0v) is 14.4. The van der Waals surface area contributed by atoms with E-state index in [2.05, 4.69) is 16.0 Å². The summed E-state index contributed by atoms with van der Waals surface area (Å²) >= 11 is 0. The number of fused-ring (bicyclic) bond motifs is 1. The lowest BCUT2D eigenvalue weighted by atomic mass is 9.95. The number of nitrogens with zero attached hydrogens (tertiary/aromatic N) is 1. The Balaban J connectivity index is 1.44. The van der Waals surface area contributed by atoms with Crippen LogP contribution in [0.1, 0.15) is 41.7 Å². The summed E-state index contributed by atoms with van der Waals surface area (Å²) < 4.78 is 5.84. The molecular weight excluding hydrogens is 334 g/mol. The fraction of sp³-hybridized carbons (Fsp3) is 0.421. The predicted octanol–water partition coefficient (Wildman–Crippen LogP) is 1.08. The molecule has 136 valence electrons. The molecule has 2 N–H and O–H groups in total. The van der Waals surface area contributed by atoms with E-state index in [1.54, 1.807) is 4.90 Å². The number of benzene rings is 1. The first-order valence-electron chi connectivity index (χ1n) is 8.91. The Bertz CT molecular complexity index is 904. The minimum atomic E-state index is -0.510. The van der Waals surface area contributed by atoms with Gasteiger partial charge in [0.1, 0.15) is 0 Å². The summed E-state index contributed by atoms with van der Waals surface area (Å²) in [7, 11) is 0. The van der Waals surface area contributed by atoms with Crippen LogP contribution in [0, 0.1) is 0 Å². The Morgan fingerprint density at radius 3 is 2.92 bits per heavy atom. The number of ether oxygens (including phenoxy) is 1. The van der Waals surface area contributed by atoms with E-state index < -0.39 is 11.2 Å². The quantitative estimate of drug-likeness (QED) is 0.861. The molecule has 2 aromatic rings. The van der Waals surface area contributed by atoms with E-state index in [0.717, 1.165) is 18.4 Å². The maximum absolute atomic E-state index is 12.7. The van der Waals surface area contributed by atoms with Gasteiger partial charge >= 0.3 is 5.69 Å². The first-order chi connectivity index (χ1) is 12.6. The van der Waals surface area contributed by atoms with Crippen LogP contribution in [0.4, 0.5) is 0 Å². The first kappa shape index (κ1) is 16.8. The number of carbonyl (C=O) groups is 1. The third kappa shape index (κ3) is 3.35. The van der Waals surface area contributed by atoms with Gasteiger partial charge in [-0.25, -0.2) is 4.79 Å². The average Bonchev–Trinajstić information content (AvgIpc) is 3.12. The topological polar surface area (TPSA) is 95.3 Å². The van der Waals surface area contributed by atoms with Crippen molar-refractivity contribution in [3.63, 3.8) is 0 Å². The van der Waals surface area contributed by atoms with Crippen molar-refractivity contribution in [1.29, 1.82) is 0 Å². The molecule has 1 fully saturated rings. The van der Waals surface area contributed by atoms with Crippen LogP contribution in [0.15, 0.2) is 39.9 Å². The lowest BCUT2D eigenvalue weighted by Crippen LogP contribution is -2.31. The van der Waals surface area contributed by atoms with Gasteiger partial charge in [0.25, 0.3) is 5.56 Å². The Morgan fingerprint density at radius 2 is 2.08 bits per heavy atom. The Hall–Kier alpha value is -2.67. The Labute approximate surface area is 150 Å². The molecule has 1 saturated heterocycles. The summed E-state index contributed by atoms with van der Waals surface area (Å²) in [6.45, 7) is 1.75. The smallest absolute Gasteiger partial charge is 0.325 e. The van der Waals surface area contributed by atoms with Crippen molar-refractivity contribution in [2.24, 2.45) is 0 Å². The van der Waals surface area contributed by atoms with Crippen molar-refractivity contribution < 1.29 is 9.53 Å². The highest BCUT2D eigenvalue weighted by Gasteiger charge is 2.31. The van der Waals surface area contributed by atoms with Gasteiger partial charge in [-0.3, -0.25) is 14.6 Å². The number of H-pyrrole nitrogens is 2. The van der Waals surface area contributed by atoms with Gasteiger partial charge in [0.2, 0.25) is 5.91 Å². The van der Waals surface area contributed by atoms with Crippen molar-refractivity contribution in [1.82, 2.24) is 14.9 Å². The molecule has 26 heavy (non-hydrogen) atoms. The summed E-state index contributed by atoms with van der Waals surface area (Å²) in [6, 6.07) is 9.50. The molecule has 0 bridgehead atoms. The van der Waals surface area contributed by atoms with Crippen LogP contribution in [0.2, 0.25) is 0 Å². The standard InChI is InChI=1S/C19H21N3O4/c23-17-9-15(20-19(25)21-17)13-5-7-22(11-13)18(24)10-16-14-4-2-1-3-12(14)6-8-26-16/h1-4,9,13,16H,5-8,10-11H2,(H2,20,21,23,25).